The van der Waals surface area contributed by atoms with Crippen LogP contribution in [0.15, 0.2) is 0 Å². The Labute approximate surface area is 199 Å². The summed E-state index contributed by atoms with van der Waals surface area (Å²) in [6.45, 7) is 14.7. The fourth-order valence-corrected chi connectivity index (χ4v) is 9.97. The molecular formula is C30H54O2. The third kappa shape index (κ3) is 4.12. The van der Waals surface area contributed by atoms with Crippen LogP contribution < -0.4 is 0 Å². The molecule has 0 unspecified atom stereocenters. The van der Waals surface area contributed by atoms with Gasteiger partial charge in [0.25, 0.3) is 0 Å². The molecule has 0 saturated heterocycles. The first-order valence-electron chi connectivity index (χ1n) is 14.3. The summed E-state index contributed by atoms with van der Waals surface area (Å²) in [5.41, 5.74) is 0.672. The van der Waals surface area contributed by atoms with E-state index < -0.39 is 0 Å². The zero-order valence-corrected chi connectivity index (χ0v) is 22.5. The Bertz CT molecular complexity index is 645. The zero-order valence-electron chi connectivity index (χ0n) is 22.5. The smallest absolute Gasteiger partial charge is 0.0648 e. The van der Waals surface area contributed by atoms with Crippen LogP contribution in [0.5, 0.6) is 0 Å². The minimum Gasteiger partial charge on any atom is -0.390 e. The molecule has 1 N–H and O–H groups in total. The highest BCUT2D eigenvalue weighted by Crippen LogP contribution is 2.69. The molecular weight excluding hydrogens is 392 g/mol. The van der Waals surface area contributed by atoms with Gasteiger partial charge in [0.05, 0.1) is 11.7 Å². The molecule has 0 radical (unpaired) electrons. The Morgan fingerprint density at radius 3 is 2.25 bits per heavy atom. The second-order valence-electron chi connectivity index (χ2n) is 13.7. The molecule has 4 aliphatic carbocycles. The van der Waals surface area contributed by atoms with Gasteiger partial charge in [0.15, 0.2) is 0 Å². The molecule has 0 aliphatic heterocycles. The van der Waals surface area contributed by atoms with E-state index in [2.05, 4.69) is 41.5 Å². The third-order valence-electron chi connectivity index (χ3n) is 12.2. The molecule has 0 heterocycles. The molecule has 4 fully saturated rings. The van der Waals surface area contributed by atoms with Gasteiger partial charge in [0.1, 0.15) is 0 Å². The summed E-state index contributed by atoms with van der Waals surface area (Å²) in [5, 5.41) is 11.0. The third-order valence-corrected chi connectivity index (χ3v) is 12.2. The van der Waals surface area contributed by atoms with Crippen LogP contribution in [0, 0.1) is 52.3 Å². The van der Waals surface area contributed by atoms with Crippen LogP contribution in [0.4, 0.5) is 0 Å². The number of fused-ring (bicyclic) bond motifs is 5. The Balaban J connectivity index is 1.45. The summed E-state index contributed by atoms with van der Waals surface area (Å²) in [6.07, 6.45) is 15.9. The molecule has 0 aromatic rings. The van der Waals surface area contributed by atoms with Gasteiger partial charge in [-0.25, -0.2) is 0 Å². The van der Waals surface area contributed by atoms with Crippen LogP contribution in [0.25, 0.3) is 0 Å². The number of hydrogen-bond donors (Lipinski definition) is 1. The van der Waals surface area contributed by atoms with Crippen LogP contribution in [0.1, 0.15) is 119 Å². The molecule has 0 spiro atoms. The molecule has 2 nitrogen and oxygen atoms in total. The lowest BCUT2D eigenvalue weighted by atomic mass is 9.43. The van der Waals surface area contributed by atoms with Crippen molar-refractivity contribution < 1.29 is 9.84 Å². The van der Waals surface area contributed by atoms with Crippen molar-refractivity contribution in [2.24, 2.45) is 52.3 Å². The summed E-state index contributed by atoms with van der Waals surface area (Å²) in [5.74, 6) is 5.90. The van der Waals surface area contributed by atoms with Gasteiger partial charge in [-0.3, -0.25) is 0 Å². The second-order valence-corrected chi connectivity index (χ2v) is 13.7. The predicted octanol–water partition coefficient (Wildman–Crippen LogP) is 7.87. The minimum atomic E-state index is -0.371. The quantitative estimate of drug-likeness (QED) is 0.431. The van der Waals surface area contributed by atoms with Crippen LogP contribution >= 0.6 is 0 Å². The van der Waals surface area contributed by atoms with Gasteiger partial charge in [-0.1, -0.05) is 41.5 Å². The highest BCUT2D eigenvalue weighted by Gasteiger charge is 2.61. The van der Waals surface area contributed by atoms with E-state index in [9.17, 15) is 5.11 Å². The highest BCUT2D eigenvalue weighted by molar-refractivity contribution is 5.10. The van der Waals surface area contributed by atoms with Crippen molar-refractivity contribution in [2.75, 3.05) is 7.11 Å². The van der Waals surface area contributed by atoms with Gasteiger partial charge in [0, 0.05) is 7.11 Å². The fraction of sp³-hybridized carbons (Fsp3) is 1.00. The van der Waals surface area contributed by atoms with Crippen molar-refractivity contribution in [3.8, 4) is 0 Å². The Hall–Kier alpha value is -0.0800. The van der Waals surface area contributed by atoms with Crippen molar-refractivity contribution >= 4 is 0 Å². The lowest BCUT2D eigenvalue weighted by Gasteiger charge is -2.62. The standard InChI is InChI=1S/C30H54O2/c1-8-30(31)18-17-28(5)22(19-30)10-11-23-25-13-12-24(29(25,6)16-15-26(23)28)21(4)9-14-27(32-7)20(2)3/h20-27,31H,8-19H2,1-7H3/t21-,22+,23+,24-,25+,26+,27-,28+,29-,30+/m1/s1. The average molecular weight is 447 g/mol. The van der Waals surface area contributed by atoms with Gasteiger partial charge < -0.3 is 9.84 Å². The lowest BCUT2D eigenvalue weighted by molar-refractivity contribution is -0.152. The van der Waals surface area contributed by atoms with Crippen molar-refractivity contribution in [2.45, 2.75) is 130 Å². The predicted molar refractivity (Wildman–Crippen MR) is 134 cm³/mol. The lowest BCUT2D eigenvalue weighted by Crippen LogP contribution is -2.56. The maximum atomic E-state index is 11.0. The Morgan fingerprint density at radius 2 is 1.59 bits per heavy atom. The molecule has 186 valence electrons. The van der Waals surface area contributed by atoms with Crippen molar-refractivity contribution in [1.82, 2.24) is 0 Å². The first-order chi connectivity index (χ1) is 15.1. The first-order valence-corrected chi connectivity index (χ1v) is 14.3. The normalized spacial score (nSPS) is 48.1. The summed E-state index contributed by atoms with van der Waals surface area (Å²) < 4.78 is 5.79. The van der Waals surface area contributed by atoms with E-state index in [0.29, 0.717) is 22.9 Å². The van der Waals surface area contributed by atoms with Crippen LogP contribution in [0.3, 0.4) is 0 Å². The van der Waals surface area contributed by atoms with Crippen molar-refractivity contribution in [3.05, 3.63) is 0 Å². The zero-order chi connectivity index (χ0) is 23.3. The van der Waals surface area contributed by atoms with Crippen molar-refractivity contribution in [3.63, 3.8) is 0 Å². The monoisotopic (exact) mass is 446 g/mol. The van der Waals surface area contributed by atoms with Gasteiger partial charge in [-0.05, 0) is 129 Å². The number of methoxy groups -OCH3 is 1. The SMILES string of the molecule is CC[C@]1(O)CC[C@@]2(C)[C@@H](CC[C@@H]3[C@@H]2CC[C@]2(C)[C@@H]([C@H](C)CC[C@@H](OC)C(C)C)CC[C@@H]32)C1. The van der Waals surface area contributed by atoms with E-state index in [1.165, 1.54) is 57.8 Å². The topological polar surface area (TPSA) is 29.5 Å². The fourth-order valence-electron chi connectivity index (χ4n) is 9.97. The van der Waals surface area contributed by atoms with Gasteiger partial charge in [0.2, 0.25) is 0 Å². The van der Waals surface area contributed by atoms with E-state index in [1.54, 1.807) is 0 Å². The molecule has 0 aromatic heterocycles. The van der Waals surface area contributed by atoms with E-state index in [0.717, 1.165) is 54.8 Å². The molecule has 10 atom stereocenters. The number of aliphatic hydroxyl groups is 1. The molecule has 4 saturated carbocycles. The summed E-state index contributed by atoms with van der Waals surface area (Å²) in [6, 6.07) is 0. The number of hydrogen-bond acceptors (Lipinski definition) is 2. The molecule has 0 bridgehead atoms. The van der Waals surface area contributed by atoms with Gasteiger partial charge >= 0.3 is 0 Å². The highest BCUT2D eigenvalue weighted by atomic mass is 16.5. The molecule has 0 aromatic carbocycles. The van der Waals surface area contributed by atoms with E-state index in [1.807, 2.05) is 7.11 Å². The van der Waals surface area contributed by atoms with E-state index in [-0.39, 0.29) is 5.60 Å². The maximum Gasteiger partial charge on any atom is 0.0648 e. The molecule has 0 amide bonds. The van der Waals surface area contributed by atoms with Crippen LogP contribution in [-0.4, -0.2) is 23.9 Å². The average Bonchev–Trinajstić information content (AvgIpc) is 3.11. The second kappa shape index (κ2) is 9.18. The van der Waals surface area contributed by atoms with Crippen LogP contribution in [0.2, 0.25) is 0 Å². The minimum absolute atomic E-state index is 0.371. The first kappa shape index (κ1) is 25.0. The largest absolute Gasteiger partial charge is 0.390 e. The summed E-state index contributed by atoms with van der Waals surface area (Å²) in [7, 11) is 1.90. The Kier molecular flexibility index (Phi) is 7.18. The van der Waals surface area contributed by atoms with Gasteiger partial charge in [-0.15, -0.1) is 0 Å². The Morgan fingerprint density at radius 1 is 0.875 bits per heavy atom. The molecule has 32 heavy (non-hydrogen) atoms. The summed E-state index contributed by atoms with van der Waals surface area (Å²) in [4.78, 5) is 0. The maximum absolute atomic E-state index is 11.0. The van der Waals surface area contributed by atoms with Gasteiger partial charge in [-0.2, -0.15) is 0 Å². The molecule has 4 rings (SSSR count). The molecule has 2 heteroatoms. The van der Waals surface area contributed by atoms with E-state index in [4.69, 9.17) is 4.74 Å². The number of ether oxygens (including phenoxy) is 1. The summed E-state index contributed by atoms with van der Waals surface area (Å²) >= 11 is 0. The van der Waals surface area contributed by atoms with Crippen LogP contribution in [-0.2, 0) is 4.74 Å². The molecule has 4 aliphatic rings. The van der Waals surface area contributed by atoms with Crippen molar-refractivity contribution in [1.29, 1.82) is 0 Å². The van der Waals surface area contributed by atoms with E-state index >= 15 is 0 Å². The number of rotatable bonds is 7.